The van der Waals surface area contributed by atoms with E-state index in [0.29, 0.717) is 11.5 Å². The van der Waals surface area contributed by atoms with Crippen molar-refractivity contribution in [1.82, 2.24) is 5.32 Å². The van der Waals surface area contributed by atoms with Gasteiger partial charge in [-0.1, -0.05) is 71.0 Å². The Bertz CT molecular complexity index is 1310. The van der Waals surface area contributed by atoms with E-state index in [1.165, 1.54) is 18.2 Å². The van der Waals surface area contributed by atoms with Crippen LogP contribution in [0.15, 0.2) is 54.6 Å². The molecule has 6 nitrogen and oxygen atoms in total. The van der Waals surface area contributed by atoms with Crippen LogP contribution in [0.4, 0.5) is 0 Å². The first-order chi connectivity index (χ1) is 19.0. The number of aliphatic hydroxyl groups excluding tert-OH is 1. The number of esters is 1. The molecule has 6 heteroatoms. The summed E-state index contributed by atoms with van der Waals surface area (Å²) in [6, 6.07) is 18.4. The Labute approximate surface area is 239 Å². The number of nitrogens with one attached hydrogen (secondary N) is 1. The van der Waals surface area contributed by atoms with Crippen molar-refractivity contribution in [2.24, 2.45) is 5.41 Å². The third-order valence-corrected chi connectivity index (χ3v) is 7.65. The normalized spacial score (nSPS) is 13.9. The van der Waals surface area contributed by atoms with E-state index < -0.39 is 12.1 Å². The zero-order valence-corrected chi connectivity index (χ0v) is 25.0. The van der Waals surface area contributed by atoms with Crippen molar-refractivity contribution in [1.29, 1.82) is 0 Å². The molecule has 0 bridgehead atoms. The Morgan fingerprint density at radius 3 is 2.27 bits per heavy atom. The van der Waals surface area contributed by atoms with Crippen molar-refractivity contribution in [2.45, 2.75) is 85.4 Å². The fourth-order valence-electron chi connectivity index (χ4n) is 5.02. The third-order valence-electron chi connectivity index (χ3n) is 7.65. The number of rotatable bonds is 12. The summed E-state index contributed by atoms with van der Waals surface area (Å²) in [5, 5.41) is 15.4. The van der Waals surface area contributed by atoms with Crippen molar-refractivity contribution >= 4 is 22.6 Å². The zero-order valence-electron chi connectivity index (χ0n) is 25.0. The molecule has 40 heavy (non-hydrogen) atoms. The largest absolute Gasteiger partial charge is 0.487 e. The molecule has 1 amide bonds. The van der Waals surface area contributed by atoms with Gasteiger partial charge >= 0.3 is 5.97 Å². The highest BCUT2D eigenvalue weighted by atomic mass is 16.5. The maximum atomic E-state index is 12.4. The minimum atomic E-state index is -0.542. The molecule has 0 heterocycles. The molecular formula is C34H45NO5. The standard InChI is InChI=1S/C34H45NO5/c1-8-24(12-10-23-11-17-30(22(3)18-23)40-29(9-2)32(37)34(4,5)6)25-13-14-27-20-28(16-15-26(27)19-25)33(38)35-21-31(36)39-7/h11,13-20,24,29,32,37H,8-10,12,21H2,1-7H3,(H,35,38). The van der Waals surface area contributed by atoms with E-state index in [9.17, 15) is 14.7 Å². The molecule has 0 fully saturated rings. The molecule has 0 aromatic heterocycles. The van der Waals surface area contributed by atoms with Gasteiger partial charge in [-0.3, -0.25) is 9.59 Å². The number of carbonyl (C=O) groups excluding carboxylic acids is 2. The molecule has 216 valence electrons. The van der Waals surface area contributed by atoms with Crippen LogP contribution >= 0.6 is 0 Å². The van der Waals surface area contributed by atoms with Gasteiger partial charge in [0.1, 0.15) is 18.4 Å². The van der Waals surface area contributed by atoms with E-state index in [0.717, 1.165) is 47.8 Å². The topological polar surface area (TPSA) is 84.9 Å². The number of aliphatic hydroxyl groups is 1. The Morgan fingerprint density at radius 2 is 1.65 bits per heavy atom. The highest BCUT2D eigenvalue weighted by molar-refractivity contribution is 5.99. The Kier molecular flexibility index (Phi) is 10.7. The van der Waals surface area contributed by atoms with Crippen LogP contribution in [0.25, 0.3) is 10.8 Å². The lowest BCUT2D eigenvalue weighted by atomic mass is 9.85. The van der Waals surface area contributed by atoms with Gasteiger partial charge in [0, 0.05) is 5.56 Å². The highest BCUT2D eigenvalue weighted by Crippen LogP contribution is 2.31. The Balaban J connectivity index is 1.66. The molecule has 0 saturated heterocycles. The van der Waals surface area contributed by atoms with Crippen molar-refractivity contribution in [3.05, 3.63) is 76.9 Å². The molecule has 3 aromatic rings. The number of methoxy groups -OCH3 is 1. The molecule has 0 aliphatic heterocycles. The predicted octanol–water partition coefficient (Wildman–Crippen LogP) is 6.74. The quantitative estimate of drug-likeness (QED) is 0.245. The summed E-state index contributed by atoms with van der Waals surface area (Å²) >= 11 is 0. The van der Waals surface area contributed by atoms with E-state index in [1.807, 2.05) is 45.9 Å². The molecule has 0 aliphatic carbocycles. The molecule has 0 aliphatic rings. The van der Waals surface area contributed by atoms with Crippen LogP contribution in [-0.4, -0.2) is 42.8 Å². The van der Waals surface area contributed by atoms with E-state index in [1.54, 1.807) is 6.07 Å². The van der Waals surface area contributed by atoms with Crippen LogP contribution < -0.4 is 10.1 Å². The molecule has 0 radical (unpaired) electrons. The third kappa shape index (κ3) is 8.07. The SMILES string of the molecule is CCC(CCc1ccc(OC(CC)C(O)C(C)(C)C)c(C)c1)c1ccc2cc(C(=O)NCC(=O)OC)ccc2c1. The van der Waals surface area contributed by atoms with Crippen molar-refractivity contribution in [3.63, 3.8) is 0 Å². The molecule has 0 saturated carbocycles. The average Bonchev–Trinajstić information content (AvgIpc) is 2.94. The molecule has 3 unspecified atom stereocenters. The maximum absolute atomic E-state index is 12.4. The van der Waals surface area contributed by atoms with Gasteiger partial charge in [0.05, 0.1) is 13.2 Å². The fourth-order valence-corrected chi connectivity index (χ4v) is 5.02. The summed E-state index contributed by atoms with van der Waals surface area (Å²) in [5.74, 6) is 0.462. The number of ether oxygens (including phenoxy) is 2. The number of aryl methyl sites for hydroxylation is 2. The van der Waals surface area contributed by atoms with Crippen molar-refractivity contribution in [3.8, 4) is 5.75 Å². The van der Waals surface area contributed by atoms with Gasteiger partial charge in [-0.25, -0.2) is 0 Å². The lowest BCUT2D eigenvalue weighted by molar-refractivity contribution is -0.139. The molecule has 3 atom stereocenters. The lowest BCUT2D eigenvalue weighted by Crippen LogP contribution is -2.41. The van der Waals surface area contributed by atoms with Gasteiger partial charge in [-0.05, 0) is 89.6 Å². The number of amides is 1. The summed E-state index contributed by atoms with van der Waals surface area (Å²) in [6.07, 6.45) is 2.97. The van der Waals surface area contributed by atoms with Crippen molar-refractivity contribution in [2.75, 3.05) is 13.7 Å². The molecule has 0 spiro atoms. The second-order valence-corrected chi connectivity index (χ2v) is 11.7. The average molecular weight is 548 g/mol. The first-order valence-corrected chi connectivity index (χ1v) is 14.3. The Hall–Kier alpha value is -3.38. The summed E-state index contributed by atoms with van der Waals surface area (Å²) in [4.78, 5) is 23.7. The number of hydrogen-bond acceptors (Lipinski definition) is 5. The lowest BCUT2D eigenvalue weighted by Gasteiger charge is -2.33. The summed E-state index contributed by atoms with van der Waals surface area (Å²) in [6.45, 7) is 12.3. The van der Waals surface area contributed by atoms with Gasteiger partial charge in [-0.15, -0.1) is 0 Å². The molecular weight excluding hydrogens is 502 g/mol. The Morgan fingerprint density at radius 1 is 0.950 bits per heavy atom. The number of carbonyl (C=O) groups is 2. The van der Waals surface area contributed by atoms with Gasteiger partial charge in [-0.2, -0.15) is 0 Å². The van der Waals surface area contributed by atoms with E-state index in [-0.39, 0.29) is 24.0 Å². The predicted molar refractivity (Wildman–Crippen MR) is 161 cm³/mol. The van der Waals surface area contributed by atoms with Crippen LogP contribution in [0.3, 0.4) is 0 Å². The number of hydrogen-bond donors (Lipinski definition) is 2. The highest BCUT2D eigenvalue weighted by Gasteiger charge is 2.31. The maximum Gasteiger partial charge on any atom is 0.325 e. The van der Waals surface area contributed by atoms with Gasteiger partial charge in [0.2, 0.25) is 0 Å². The first kappa shape index (κ1) is 31.2. The first-order valence-electron chi connectivity index (χ1n) is 14.3. The zero-order chi connectivity index (χ0) is 29.4. The monoisotopic (exact) mass is 547 g/mol. The van der Waals surface area contributed by atoms with Crippen LogP contribution in [0.5, 0.6) is 5.75 Å². The summed E-state index contributed by atoms with van der Waals surface area (Å²) in [7, 11) is 1.29. The summed E-state index contributed by atoms with van der Waals surface area (Å²) < 4.78 is 10.8. The van der Waals surface area contributed by atoms with Crippen LogP contribution in [-0.2, 0) is 16.0 Å². The van der Waals surface area contributed by atoms with Crippen LogP contribution in [0.1, 0.15) is 86.8 Å². The second-order valence-electron chi connectivity index (χ2n) is 11.7. The van der Waals surface area contributed by atoms with Crippen LogP contribution in [0.2, 0.25) is 0 Å². The fraction of sp³-hybridized carbons (Fsp3) is 0.471. The van der Waals surface area contributed by atoms with Crippen molar-refractivity contribution < 1.29 is 24.2 Å². The molecule has 2 N–H and O–H groups in total. The molecule has 3 rings (SSSR count). The van der Waals surface area contributed by atoms with Crippen LogP contribution in [0, 0.1) is 12.3 Å². The molecule has 3 aromatic carbocycles. The van der Waals surface area contributed by atoms with E-state index in [4.69, 9.17) is 4.74 Å². The van der Waals surface area contributed by atoms with Gasteiger partial charge in [0.25, 0.3) is 5.91 Å². The smallest absolute Gasteiger partial charge is 0.325 e. The van der Waals surface area contributed by atoms with Gasteiger partial charge in [0.15, 0.2) is 0 Å². The van der Waals surface area contributed by atoms with Gasteiger partial charge < -0.3 is 19.9 Å². The summed E-state index contributed by atoms with van der Waals surface area (Å²) in [5.41, 5.74) is 3.92. The number of benzene rings is 3. The van der Waals surface area contributed by atoms with E-state index in [2.05, 4.69) is 54.2 Å². The van der Waals surface area contributed by atoms with E-state index >= 15 is 0 Å². The minimum absolute atomic E-state index is 0.153. The minimum Gasteiger partial charge on any atom is -0.487 e. The second kappa shape index (κ2) is 13.8. The number of fused-ring (bicyclic) bond motifs is 1.